The second-order valence-corrected chi connectivity index (χ2v) is 4.46. The van der Waals surface area contributed by atoms with E-state index in [0.29, 0.717) is 0 Å². The molecule has 1 aromatic carbocycles. The highest BCUT2D eigenvalue weighted by Crippen LogP contribution is 2.01. The normalized spacial score (nSPS) is 11.3. The molecule has 0 radical (unpaired) electrons. The first kappa shape index (κ1) is 16.5. The Kier molecular flexibility index (Phi) is 6.74. The van der Waals surface area contributed by atoms with Gasteiger partial charge in [0, 0.05) is 26.4 Å². The van der Waals surface area contributed by atoms with Crippen molar-refractivity contribution < 1.29 is 14.3 Å². The number of hydrogen-bond acceptors (Lipinski definition) is 4. The van der Waals surface area contributed by atoms with Crippen LogP contribution in [0.1, 0.15) is 12.5 Å². The molecule has 0 unspecified atom stereocenters. The SMILES string of the molecule is CCOC(=O)/C(=C/N(C)C)NC(=O)/C=C/c1ccccc1. The molecule has 1 amide bonds. The fraction of sp³-hybridized carbons (Fsp3) is 0.250. The Balaban J connectivity index is 2.73. The number of rotatable bonds is 6. The molecule has 0 aliphatic carbocycles. The molecule has 5 heteroatoms. The Labute approximate surface area is 124 Å². The molecular weight excluding hydrogens is 268 g/mol. The molecule has 1 rings (SSSR count). The van der Waals surface area contributed by atoms with E-state index in [1.165, 1.54) is 12.3 Å². The number of nitrogens with zero attached hydrogens (tertiary/aromatic N) is 1. The summed E-state index contributed by atoms with van der Waals surface area (Å²) in [6.45, 7) is 1.96. The summed E-state index contributed by atoms with van der Waals surface area (Å²) >= 11 is 0. The zero-order valence-corrected chi connectivity index (χ0v) is 12.5. The number of amides is 1. The number of carbonyl (C=O) groups is 2. The quantitative estimate of drug-likeness (QED) is 0.640. The van der Waals surface area contributed by atoms with Gasteiger partial charge < -0.3 is 15.0 Å². The molecule has 0 fully saturated rings. The van der Waals surface area contributed by atoms with Crippen molar-refractivity contribution in [3.63, 3.8) is 0 Å². The molecule has 0 saturated carbocycles. The average Bonchev–Trinajstić information content (AvgIpc) is 2.45. The van der Waals surface area contributed by atoms with Crippen molar-refractivity contribution in [1.82, 2.24) is 10.2 Å². The topological polar surface area (TPSA) is 58.6 Å². The van der Waals surface area contributed by atoms with Crippen LogP contribution >= 0.6 is 0 Å². The van der Waals surface area contributed by atoms with Crippen LogP contribution in [-0.2, 0) is 14.3 Å². The van der Waals surface area contributed by atoms with Crippen LogP contribution in [0, 0.1) is 0 Å². The highest BCUT2D eigenvalue weighted by atomic mass is 16.5. The minimum atomic E-state index is -0.562. The molecule has 0 aromatic heterocycles. The fourth-order valence-electron chi connectivity index (χ4n) is 1.51. The summed E-state index contributed by atoms with van der Waals surface area (Å²) in [6, 6.07) is 9.43. The Morgan fingerprint density at radius 2 is 1.90 bits per heavy atom. The molecule has 21 heavy (non-hydrogen) atoms. The number of nitrogens with one attached hydrogen (secondary N) is 1. The first-order chi connectivity index (χ1) is 10.0. The van der Waals surface area contributed by atoms with E-state index in [-0.39, 0.29) is 18.2 Å². The maximum Gasteiger partial charge on any atom is 0.356 e. The molecule has 0 heterocycles. The van der Waals surface area contributed by atoms with Crippen molar-refractivity contribution in [2.24, 2.45) is 0 Å². The second-order valence-electron chi connectivity index (χ2n) is 4.46. The molecule has 0 aliphatic rings. The minimum Gasteiger partial charge on any atom is -0.461 e. The maximum absolute atomic E-state index is 11.9. The van der Waals surface area contributed by atoms with Crippen LogP contribution in [0.3, 0.4) is 0 Å². The van der Waals surface area contributed by atoms with Crippen molar-refractivity contribution in [2.45, 2.75) is 6.92 Å². The van der Waals surface area contributed by atoms with Crippen molar-refractivity contribution in [3.05, 3.63) is 53.9 Å². The zero-order chi connectivity index (χ0) is 15.7. The van der Waals surface area contributed by atoms with Crippen LogP contribution in [0.25, 0.3) is 6.08 Å². The summed E-state index contributed by atoms with van der Waals surface area (Å²) in [7, 11) is 3.51. The Bertz CT molecular complexity index is 534. The van der Waals surface area contributed by atoms with E-state index in [1.54, 1.807) is 32.0 Å². The van der Waals surface area contributed by atoms with Gasteiger partial charge in [0.2, 0.25) is 5.91 Å². The van der Waals surface area contributed by atoms with Crippen molar-refractivity contribution in [2.75, 3.05) is 20.7 Å². The van der Waals surface area contributed by atoms with Crippen LogP contribution < -0.4 is 5.32 Å². The van der Waals surface area contributed by atoms with E-state index < -0.39 is 5.97 Å². The summed E-state index contributed by atoms with van der Waals surface area (Å²) in [5, 5.41) is 2.52. The van der Waals surface area contributed by atoms with Gasteiger partial charge in [-0.1, -0.05) is 30.3 Å². The third kappa shape index (κ3) is 6.42. The van der Waals surface area contributed by atoms with Gasteiger partial charge in [0.1, 0.15) is 5.70 Å². The lowest BCUT2D eigenvalue weighted by Crippen LogP contribution is -2.28. The average molecular weight is 288 g/mol. The van der Waals surface area contributed by atoms with Gasteiger partial charge in [0.15, 0.2) is 0 Å². The molecule has 0 spiro atoms. The predicted octanol–water partition coefficient (Wildman–Crippen LogP) is 1.78. The third-order valence-electron chi connectivity index (χ3n) is 2.37. The maximum atomic E-state index is 11.9. The number of carbonyl (C=O) groups excluding carboxylic acids is 2. The summed E-state index contributed by atoms with van der Waals surface area (Å²) in [5.74, 6) is -0.951. The third-order valence-corrected chi connectivity index (χ3v) is 2.37. The summed E-state index contributed by atoms with van der Waals surface area (Å²) in [5.41, 5.74) is 1.01. The van der Waals surface area contributed by atoms with E-state index in [2.05, 4.69) is 5.32 Å². The van der Waals surface area contributed by atoms with Gasteiger partial charge in [-0.3, -0.25) is 4.79 Å². The Morgan fingerprint density at radius 1 is 1.24 bits per heavy atom. The number of hydrogen-bond donors (Lipinski definition) is 1. The standard InChI is InChI=1S/C16H20N2O3/c1-4-21-16(20)14(12-18(2)3)17-15(19)11-10-13-8-6-5-7-9-13/h5-12H,4H2,1-3H3,(H,17,19)/b11-10+,14-12-. The molecular formula is C16H20N2O3. The molecule has 0 saturated heterocycles. The van der Waals surface area contributed by atoms with Crippen LogP contribution in [0.15, 0.2) is 48.3 Å². The van der Waals surface area contributed by atoms with Crippen molar-refractivity contribution in [1.29, 1.82) is 0 Å². The number of ether oxygens (including phenoxy) is 1. The molecule has 1 aromatic rings. The largest absolute Gasteiger partial charge is 0.461 e. The lowest BCUT2D eigenvalue weighted by Gasteiger charge is -2.11. The lowest BCUT2D eigenvalue weighted by atomic mass is 10.2. The smallest absolute Gasteiger partial charge is 0.356 e. The minimum absolute atomic E-state index is 0.101. The molecule has 1 N–H and O–H groups in total. The second kappa shape index (κ2) is 8.58. The van der Waals surface area contributed by atoms with Gasteiger partial charge in [-0.25, -0.2) is 4.79 Å². The van der Waals surface area contributed by atoms with Gasteiger partial charge in [-0.2, -0.15) is 0 Å². The van der Waals surface area contributed by atoms with E-state index in [0.717, 1.165) is 5.56 Å². The summed E-state index contributed by atoms with van der Waals surface area (Å²) in [4.78, 5) is 25.2. The van der Waals surface area contributed by atoms with Gasteiger partial charge >= 0.3 is 5.97 Å². The first-order valence-corrected chi connectivity index (χ1v) is 6.62. The first-order valence-electron chi connectivity index (χ1n) is 6.62. The van der Waals surface area contributed by atoms with E-state index >= 15 is 0 Å². The fourth-order valence-corrected chi connectivity index (χ4v) is 1.51. The van der Waals surface area contributed by atoms with Crippen LogP contribution in [0.2, 0.25) is 0 Å². The van der Waals surface area contributed by atoms with Gasteiger partial charge in [0.25, 0.3) is 0 Å². The monoisotopic (exact) mass is 288 g/mol. The van der Waals surface area contributed by atoms with E-state index in [1.807, 2.05) is 30.3 Å². The van der Waals surface area contributed by atoms with Crippen molar-refractivity contribution >= 4 is 18.0 Å². The van der Waals surface area contributed by atoms with Gasteiger partial charge in [0.05, 0.1) is 6.61 Å². The van der Waals surface area contributed by atoms with Crippen molar-refractivity contribution in [3.8, 4) is 0 Å². The van der Waals surface area contributed by atoms with Crippen LogP contribution in [0.5, 0.6) is 0 Å². The Hall–Kier alpha value is -2.56. The molecule has 5 nitrogen and oxygen atoms in total. The molecule has 0 aliphatic heterocycles. The predicted molar refractivity (Wildman–Crippen MR) is 82.0 cm³/mol. The summed E-state index contributed by atoms with van der Waals surface area (Å²) < 4.78 is 4.90. The highest BCUT2D eigenvalue weighted by molar-refractivity contribution is 5.99. The number of esters is 1. The van der Waals surface area contributed by atoms with Gasteiger partial charge in [-0.15, -0.1) is 0 Å². The highest BCUT2D eigenvalue weighted by Gasteiger charge is 2.13. The van der Waals surface area contributed by atoms with Crippen LogP contribution in [0.4, 0.5) is 0 Å². The lowest BCUT2D eigenvalue weighted by molar-refractivity contribution is -0.139. The van der Waals surface area contributed by atoms with Gasteiger partial charge in [-0.05, 0) is 18.6 Å². The number of benzene rings is 1. The Morgan fingerprint density at radius 3 is 2.48 bits per heavy atom. The molecule has 112 valence electrons. The summed E-state index contributed by atoms with van der Waals surface area (Å²) in [6.07, 6.45) is 4.55. The van der Waals surface area contributed by atoms with E-state index in [9.17, 15) is 9.59 Å². The molecule has 0 bridgehead atoms. The van der Waals surface area contributed by atoms with E-state index in [4.69, 9.17) is 4.74 Å². The zero-order valence-electron chi connectivity index (χ0n) is 12.5. The molecule has 0 atom stereocenters. The van der Waals surface area contributed by atoms with Crippen LogP contribution in [-0.4, -0.2) is 37.5 Å².